The van der Waals surface area contributed by atoms with Crippen LogP contribution in [0.15, 0.2) is 0 Å². The molecule has 1 rings (SSSR count). The fourth-order valence-corrected chi connectivity index (χ4v) is 1.49. The Bertz CT molecular complexity index is 305. The third-order valence-electron chi connectivity index (χ3n) is 2.63. The van der Waals surface area contributed by atoms with E-state index in [0.717, 1.165) is 24.9 Å². The number of anilines is 1. The molecule has 86 valence electrons. The van der Waals surface area contributed by atoms with Crippen LogP contribution in [0.1, 0.15) is 39.4 Å². The monoisotopic (exact) mass is 211 g/mol. The number of rotatable bonds is 5. The van der Waals surface area contributed by atoms with Crippen molar-refractivity contribution < 1.29 is 0 Å². The van der Waals surface area contributed by atoms with Crippen molar-refractivity contribution in [2.45, 2.75) is 46.2 Å². The van der Waals surface area contributed by atoms with Crippen LogP contribution in [0, 0.1) is 0 Å². The average molecular weight is 211 g/mol. The summed E-state index contributed by atoms with van der Waals surface area (Å²) in [5.74, 6) is 2.02. The van der Waals surface area contributed by atoms with Gasteiger partial charge in [-0.25, -0.2) is 0 Å². The Morgan fingerprint density at radius 2 is 2.00 bits per heavy atom. The Hall–Kier alpha value is -1.10. The Labute approximate surface area is 91.1 Å². The highest BCUT2D eigenvalue weighted by Crippen LogP contribution is 2.18. The minimum atomic E-state index is 0.0916. The van der Waals surface area contributed by atoms with Crippen molar-refractivity contribution in [1.29, 1.82) is 0 Å². The van der Waals surface area contributed by atoms with Crippen LogP contribution in [0.3, 0.4) is 0 Å². The molecule has 0 aliphatic carbocycles. The molecule has 0 saturated carbocycles. The summed E-state index contributed by atoms with van der Waals surface area (Å²) in [5, 5.41) is 11.5. The number of nitrogens with two attached hydrogens (primary N) is 1. The molecule has 0 amide bonds. The van der Waals surface area contributed by atoms with Crippen LogP contribution in [0.5, 0.6) is 0 Å². The van der Waals surface area contributed by atoms with Crippen molar-refractivity contribution in [1.82, 2.24) is 14.8 Å². The highest BCUT2D eigenvalue weighted by molar-refractivity contribution is 5.26. The van der Waals surface area contributed by atoms with E-state index in [-0.39, 0.29) is 12.0 Å². The van der Waals surface area contributed by atoms with Crippen molar-refractivity contribution in [2.24, 2.45) is 5.73 Å². The maximum Gasteiger partial charge on any atom is 0.224 e. The molecular weight excluding hydrogens is 190 g/mol. The first-order valence-corrected chi connectivity index (χ1v) is 5.54. The summed E-state index contributed by atoms with van der Waals surface area (Å²) in [7, 11) is 0. The number of nitrogens with zero attached hydrogens (tertiary/aromatic N) is 3. The highest BCUT2D eigenvalue weighted by Gasteiger charge is 2.19. The predicted octanol–water partition coefficient (Wildman–Crippen LogP) is 1.18. The molecule has 0 saturated heterocycles. The predicted molar refractivity (Wildman–Crippen MR) is 61.9 cm³/mol. The van der Waals surface area contributed by atoms with Gasteiger partial charge in [-0.1, -0.05) is 6.92 Å². The van der Waals surface area contributed by atoms with Gasteiger partial charge in [-0.2, -0.15) is 0 Å². The molecule has 1 aromatic heterocycles. The molecule has 5 nitrogen and oxygen atoms in total. The molecule has 3 N–H and O–H groups in total. The van der Waals surface area contributed by atoms with Crippen LogP contribution < -0.4 is 11.1 Å². The zero-order valence-electron chi connectivity index (χ0n) is 9.99. The minimum absolute atomic E-state index is 0.0916. The zero-order valence-corrected chi connectivity index (χ0v) is 9.99. The molecule has 0 aliphatic heterocycles. The molecule has 0 fully saturated rings. The van der Waals surface area contributed by atoms with Crippen LogP contribution in [-0.2, 0) is 6.54 Å². The summed E-state index contributed by atoms with van der Waals surface area (Å²) in [6.07, 6.45) is 0. The second-order valence-corrected chi connectivity index (χ2v) is 3.80. The lowest BCUT2D eigenvalue weighted by Crippen LogP contribution is -2.25. The molecule has 5 heteroatoms. The van der Waals surface area contributed by atoms with E-state index in [1.165, 1.54) is 0 Å². The normalized spacial score (nSPS) is 15.0. The van der Waals surface area contributed by atoms with E-state index in [2.05, 4.69) is 33.9 Å². The van der Waals surface area contributed by atoms with E-state index in [1.807, 2.05) is 13.8 Å². The fourth-order valence-electron chi connectivity index (χ4n) is 1.49. The van der Waals surface area contributed by atoms with Crippen LogP contribution in [0.2, 0.25) is 0 Å². The topological polar surface area (TPSA) is 68.8 Å². The molecular formula is C10H21N5. The lowest BCUT2D eigenvalue weighted by atomic mass is 10.0. The smallest absolute Gasteiger partial charge is 0.224 e. The molecule has 0 aliphatic rings. The molecule has 1 aromatic rings. The Morgan fingerprint density at radius 1 is 1.33 bits per heavy atom. The van der Waals surface area contributed by atoms with Crippen LogP contribution in [0.25, 0.3) is 0 Å². The van der Waals surface area contributed by atoms with Gasteiger partial charge in [0.2, 0.25) is 5.95 Å². The first-order chi connectivity index (χ1) is 7.11. The summed E-state index contributed by atoms with van der Waals surface area (Å²) in [5.41, 5.74) is 5.87. The summed E-state index contributed by atoms with van der Waals surface area (Å²) in [4.78, 5) is 0. The van der Waals surface area contributed by atoms with Crippen LogP contribution in [0.4, 0.5) is 5.95 Å². The summed E-state index contributed by atoms with van der Waals surface area (Å²) in [6, 6.07) is 0.0916. The van der Waals surface area contributed by atoms with E-state index in [4.69, 9.17) is 5.73 Å². The maximum atomic E-state index is 5.87. The summed E-state index contributed by atoms with van der Waals surface area (Å²) in [6.45, 7) is 9.92. The van der Waals surface area contributed by atoms with Gasteiger partial charge in [0.1, 0.15) is 5.82 Å². The van der Waals surface area contributed by atoms with E-state index in [9.17, 15) is 0 Å². The SMILES string of the molecule is CCNc1nnc(C(C)C(C)N)n1CC. The number of nitrogens with one attached hydrogen (secondary N) is 1. The summed E-state index contributed by atoms with van der Waals surface area (Å²) >= 11 is 0. The first-order valence-electron chi connectivity index (χ1n) is 5.54. The number of hydrogen-bond acceptors (Lipinski definition) is 4. The lowest BCUT2D eigenvalue weighted by Gasteiger charge is -2.16. The van der Waals surface area contributed by atoms with Crippen LogP contribution >= 0.6 is 0 Å². The van der Waals surface area contributed by atoms with Crippen molar-refractivity contribution in [3.63, 3.8) is 0 Å². The third kappa shape index (κ3) is 2.47. The molecule has 0 bridgehead atoms. The van der Waals surface area contributed by atoms with Crippen molar-refractivity contribution >= 4 is 5.95 Å². The Kier molecular flexibility index (Phi) is 4.08. The van der Waals surface area contributed by atoms with E-state index in [1.54, 1.807) is 0 Å². The van der Waals surface area contributed by atoms with E-state index < -0.39 is 0 Å². The van der Waals surface area contributed by atoms with Gasteiger partial charge >= 0.3 is 0 Å². The Morgan fingerprint density at radius 3 is 2.47 bits per heavy atom. The number of aromatic nitrogens is 3. The lowest BCUT2D eigenvalue weighted by molar-refractivity contribution is 0.546. The fraction of sp³-hybridized carbons (Fsp3) is 0.800. The Balaban J connectivity index is 2.98. The summed E-state index contributed by atoms with van der Waals surface area (Å²) < 4.78 is 2.08. The van der Waals surface area contributed by atoms with E-state index in [0.29, 0.717) is 0 Å². The van der Waals surface area contributed by atoms with E-state index >= 15 is 0 Å². The van der Waals surface area contributed by atoms with Gasteiger partial charge < -0.3 is 11.1 Å². The van der Waals surface area contributed by atoms with Gasteiger partial charge in [-0.15, -0.1) is 10.2 Å². The molecule has 0 radical (unpaired) electrons. The minimum Gasteiger partial charge on any atom is -0.355 e. The quantitative estimate of drug-likeness (QED) is 0.767. The van der Waals surface area contributed by atoms with Gasteiger partial charge in [0, 0.05) is 25.0 Å². The van der Waals surface area contributed by atoms with Crippen LogP contribution in [-0.4, -0.2) is 27.4 Å². The molecule has 0 spiro atoms. The van der Waals surface area contributed by atoms with Gasteiger partial charge in [-0.05, 0) is 20.8 Å². The first kappa shape index (κ1) is 12.0. The molecule has 2 atom stereocenters. The van der Waals surface area contributed by atoms with Gasteiger partial charge in [0.05, 0.1) is 0 Å². The van der Waals surface area contributed by atoms with Crippen molar-refractivity contribution in [2.75, 3.05) is 11.9 Å². The van der Waals surface area contributed by atoms with Gasteiger partial charge in [0.25, 0.3) is 0 Å². The van der Waals surface area contributed by atoms with Gasteiger partial charge in [0.15, 0.2) is 0 Å². The molecule has 0 aromatic carbocycles. The van der Waals surface area contributed by atoms with Gasteiger partial charge in [-0.3, -0.25) is 4.57 Å². The second kappa shape index (κ2) is 5.11. The zero-order chi connectivity index (χ0) is 11.4. The highest BCUT2D eigenvalue weighted by atomic mass is 15.3. The molecule has 15 heavy (non-hydrogen) atoms. The number of hydrogen-bond donors (Lipinski definition) is 2. The molecule has 2 unspecified atom stereocenters. The largest absolute Gasteiger partial charge is 0.355 e. The maximum absolute atomic E-state index is 5.87. The van der Waals surface area contributed by atoms with Crippen molar-refractivity contribution in [3.05, 3.63) is 5.82 Å². The van der Waals surface area contributed by atoms with Crippen molar-refractivity contribution in [3.8, 4) is 0 Å². The third-order valence-corrected chi connectivity index (χ3v) is 2.63. The second-order valence-electron chi connectivity index (χ2n) is 3.80. The standard InChI is InChI=1S/C10H21N5/c1-5-12-10-14-13-9(15(10)6-2)7(3)8(4)11/h7-8H,5-6,11H2,1-4H3,(H,12,14). The molecule has 1 heterocycles. The average Bonchev–Trinajstić information content (AvgIpc) is 2.60.